The Balaban J connectivity index is 4.60. The molecular weight excluding hydrogens is 316 g/mol. The summed E-state index contributed by atoms with van der Waals surface area (Å²) in [5.74, 6) is -1.54. The molecule has 0 radical (unpaired) electrons. The zero-order valence-corrected chi connectivity index (χ0v) is 16.8. The largest absolute Gasteiger partial charge is 0.480 e. The van der Waals surface area contributed by atoms with E-state index in [4.69, 9.17) is 4.74 Å². The number of hydrogen-bond donors (Lipinski definition) is 1. The molecule has 0 rings (SSSR count). The van der Waals surface area contributed by atoms with Crippen LogP contribution in [0.5, 0.6) is 0 Å². The van der Waals surface area contributed by atoms with Crippen LogP contribution in [0.1, 0.15) is 111 Å². The van der Waals surface area contributed by atoms with Crippen LogP contribution in [0.4, 0.5) is 0 Å². The molecule has 0 bridgehead atoms. The van der Waals surface area contributed by atoms with E-state index in [1.165, 1.54) is 38.5 Å². The summed E-state index contributed by atoms with van der Waals surface area (Å²) in [4.78, 5) is 24.4. The fraction of sp³-hybridized carbons (Fsp3) is 0.905. The second-order valence-electron chi connectivity index (χ2n) is 7.14. The number of carbonyl (C=O) groups excluding carboxylic acids is 1. The van der Waals surface area contributed by atoms with E-state index in [0.717, 1.165) is 38.5 Å². The van der Waals surface area contributed by atoms with Crippen LogP contribution in [-0.4, -0.2) is 23.7 Å². The van der Waals surface area contributed by atoms with Crippen LogP contribution >= 0.6 is 0 Å². The number of ether oxygens (including phenoxy) is 1. The number of carboxylic acids is 1. The molecular formula is C21H40O4. The molecule has 0 saturated carbocycles. The molecule has 0 aromatic carbocycles. The highest BCUT2D eigenvalue weighted by atomic mass is 16.5. The number of carboxylic acid groups (broad SMARTS) is 1. The van der Waals surface area contributed by atoms with Crippen molar-refractivity contribution in [2.45, 2.75) is 111 Å². The van der Waals surface area contributed by atoms with Gasteiger partial charge >= 0.3 is 11.9 Å². The minimum Gasteiger partial charge on any atom is -0.480 e. The van der Waals surface area contributed by atoms with Gasteiger partial charge in [-0.25, -0.2) is 0 Å². The fourth-order valence-electron chi connectivity index (χ4n) is 3.31. The molecule has 4 heteroatoms. The second kappa shape index (κ2) is 15.2. The summed E-state index contributed by atoms with van der Waals surface area (Å²) in [6.07, 6.45) is 13.8. The molecule has 0 spiro atoms. The van der Waals surface area contributed by atoms with Gasteiger partial charge in [-0.05, 0) is 19.8 Å². The van der Waals surface area contributed by atoms with E-state index in [1.807, 2.05) is 0 Å². The molecule has 0 aromatic heterocycles. The third kappa shape index (κ3) is 9.86. The van der Waals surface area contributed by atoms with Crippen molar-refractivity contribution in [2.75, 3.05) is 6.61 Å². The average molecular weight is 357 g/mol. The summed E-state index contributed by atoms with van der Waals surface area (Å²) < 4.78 is 5.14. The van der Waals surface area contributed by atoms with Crippen LogP contribution in [0.15, 0.2) is 0 Å². The summed E-state index contributed by atoms with van der Waals surface area (Å²) in [6, 6.07) is 0. The van der Waals surface area contributed by atoms with Crippen molar-refractivity contribution in [2.24, 2.45) is 5.41 Å². The summed E-state index contributed by atoms with van der Waals surface area (Å²) in [5, 5.41) is 9.80. The van der Waals surface area contributed by atoms with Crippen LogP contribution < -0.4 is 0 Å². The highest BCUT2D eigenvalue weighted by molar-refractivity contribution is 5.99. The minimum absolute atomic E-state index is 0.237. The van der Waals surface area contributed by atoms with Gasteiger partial charge < -0.3 is 9.84 Å². The Labute approximate surface area is 154 Å². The molecule has 0 saturated heterocycles. The van der Waals surface area contributed by atoms with Gasteiger partial charge in [0.05, 0.1) is 6.61 Å². The maximum absolute atomic E-state index is 12.4. The molecule has 0 fully saturated rings. The lowest BCUT2D eigenvalue weighted by Crippen LogP contribution is -2.41. The molecule has 25 heavy (non-hydrogen) atoms. The summed E-state index contributed by atoms with van der Waals surface area (Å²) in [7, 11) is 0. The fourth-order valence-corrected chi connectivity index (χ4v) is 3.31. The molecule has 148 valence electrons. The maximum Gasteiger partial charge on any atom is 0.323 e. The number of carbonyl (C=O) groups is 2. The van der Waals surface area contributed by atoms with Crippen molar-refractivity contribution in [3.8, 4) is 0 Å². The van der Waals surface area contributed by atoms with Gasteiger partial charge in [0.25, 0.3) is 0 Å². The highest BCUT2D eigenvalue weighted by Crippen LogP contribution is 2.34. The lowest BCUT2D eigenvalue weighted by atomic mass is 9.77. The van der Waals surface area contributed by atoms with Crippen LogP contribution in [0.3, 0.4) is 0 Å². The van der Waals surface area contributed by atoms with Crippen molar-refractivity contribution in [1.82, 2.24) is 0 Å². The molecule has 0 heterocycles. The van der Waals surface area contributed by atoms with Gasteiger partial charge in [-0.2, -0.15) is 0 Å². The Hall–Kier alpha value is -1.06. The van der Waals surface area contributed by atoms with Crippen molar-refractivity contribution >= 4 is 11.9 Å². The third-order valence-corrected chi connectivity index (χ3v) is 4.99. The van der Waals surface area contributed by atoms with Crippen molar-refractivity contribution in [3.05, 3.63) is 0 Å². The molecule has 0 aliphatic heterocycles. The zero-order valence-electron chi connectivity index (χ0n) is 16.8. The van der Waals surface area contributed by atoms with E-state index in [2.05, 4.69) is 13.8 Å². The maximum atomic E-state index is 12.4. The van der Waals surface area contributed by atoms with Gasteiger partial charge in [-0.15, -0.1) is 0 Å². The Morgan fingerprint density at radius 1 is 0.720 bits per heavy atom. The molecule has 0 unspecified atom stereocenters. The van der Waals surface area contributed by atoms with Gasteiger partial charge in [-0.3, -0.25) is 9.59 Å². The predicted octanol–water partition coefficient (Wildman–Crippen LogP) is 6.12. The Kier molecular flexibility index (Phi) is 14.6. The lowest BCUT2D eigenvalue weighted by molar-refractivity contribution is -0.170. The molecule has 1 N–H and O–H groups in total. The summed E-state index contributed by atoms with van der Waals surface area (Å²) >= 11 is 0. The van der Waals surface area contributed by atoms with E-state index >= 15 is 0 Å². The smallest absolute Gasteiger partial charge is 0.323 e. The van der Waals surface area contributed by atoms with Crippen molar-refractivity contribution in [1.29, 1.82) is 0 Å². The highest BCUT2D eigenvalue weighted by Gasteiger charge is 2.46. The standard InChI is InChI=1S/C21H40O4/c1-4-7-9-11-13-15-17-21(19(22)23,20(24)25-6-3)18-16-14-12-10-8-5-2/h4-18H2,1-3H3,(H,22,23). The van der Waals surface area contributed by atoms with E-state index < -0.39 is 17.4 Å². The Bertz CT molecular complexity index is 336. The van der Waals surface area contributed by atoms with E-state index in [9.17, 15) is 14.7 Å². The van der Waals surface area contributed by atoms with E-state index in [1.54, 1.807) is 6.92 Å². The molecule has 0 aliphatic carbocycles. The van der Waals surface area contributed by atoms with Crippen LogP contribution in [0.2, 0.25) is 0 Å². The Morgan fingerprint density at radius 2 is 1.12 bits per heavy atom. The number of rotatable bonds is 17. The number of aliphatic carboxylic acids is 1. The number of hydrogen-bond acceptors (Lipinski definition) is 3. The second-order valence-corrected chi connectivity index (χ2v) is 7.14. The summed E-state index contributed by atoms with van der Waals surface area (Å²) in [6.45, 7) is 6.33. The van der Waals surface area contributed by atoms with Gasteiger partial charge in [0, 0.05) is 0 Å². The predicted molar refractivity (Wildman–Crippen MR) is 103 cm³/mol. The number of unbranched alkanes of at least 4 members (excludes halogenated alkanes) is 10. The first-order chi connectivity index (χ1) is 12.0. The van der Waals surface area contributed by atoms with Gasteiger partial charge in [-0.1, -0.05) is 90.9 Å². The average Bonchev–Trinajstić information content (AvgIpc) is 2.59. The normalized spacial score (nSPS) is 11.5. The van der Waals surface area contributed by atoms with Gasteiger partial charge in [0.2, 0.25) is 0 Å². The Morgan fingerprint density at radius 3 is 1.48 bits per heavy atom. The van der Waals surface area contributed by atoms with Crippen molar-refractivity contribution < 1.29 is 19.4 Å². The number of esters is 1. The molecule has 0 aromatic rings. The quantitative estimate of drug-likeness (QED) is 0.194. The van der Waals surface area contributed by atoms with Crippen molar-refractivity contribution in [3.63, 3.8) is 0 Å². The van der Waals surface area contributed by atoms with E-state index in [0.29, 0.717) is 12.8 Å². The first-order valence-corrected chi connectivity index (χ1v) is 10.5. The van der Waals surface area contributed by atoms with E-state index in [-0.39, 0.29) is 6.61 Å². The molecule has 0 amide bonds. The van der Waals surface area contributed by atoms with Crippen LogP contribution in [0.25, 0.3) is 0 Å². The first kappa shape index (κ1) is 23.9. The SMILES string of the molecule is CCCCCCCCC(CCCCCCCC)(C(=O)O)C(=O)OCC. The first-order valence-electron chi connectivity index (χ1n) is 10.5. The van der Waals surface area contributed by atoms with Gasteiger partial charge in [0.1, 0.15) is 0 Å². The summed E-state index contributed by atoms with van der Waals surface area (Å²) in [5.41, 5.74) is -1.34. The lowest BCUT2D eigenvalue weighted by Gasteiger charge is -2.27. The van der Waals surface area contributed by atoms with Crippen LogP contribution in [0, 0.1) is 5.41 Å². The van der Waals surface area contributed by atoms with Gasteiger partial charge in [0.15, 0.2) is 5.41 Å². The monoisotopic (exact) mass is 356 g/mol. The molecule has 0 atom stereocenters. The molecule has 0 aliphatic rings. The molecule has 4 nitrogen and oxygen atoms in total. The minimum atomic E-state index is -1.34. The third-order valence-electron chi connectivity index (χ3n) is 4.99. The van der Waals surface area contributed by atoms with Crippen LogP contribution in [-0.2, 0) is 14.3 Å². The topological polar surface area (TPSA) is 63.6 Å². The zero-order chi connectivity index (χ0) is 19.0.